The van der Waals surface area contributed by atoms with E-state index >= 15 is 0 Å². The SMILES string of the molecule is COc1ccccc1C1N=CN(CCC#N)N1Cc1ccccc1. The zero-order valence-electron chi connectivity index (χ0n) is 13.7. The number of nitriles is 1. The molecular weight excluding hydrogens is 300 g/mol. The lowest BCUT2D eigenvalue weighted by Gasteiger charge is -2.32. The minimum Gasteiger partial charge on any atom is -0.496 e. The van der Waals surface area contributed by atoms with Crippen molar-refractivity contribution in [3.8, 4) is 11.8 Å². The number of rotatable bonds is 6. The van der Waals surface area contributed by atoms with Crippen LogP contribution in [0.15, 0.2) is 59.6 Å². The molecule has 5 heteroatoms. The number of methoxy groups -OCH3 is 1. The lowest BCUT2D eigenvalue weighted by atomic mass is 10.1. The van der Waals surface area contributed by atoms with E-state index in [4.69, 9.17) is 10.00 Å². The monoisotopic (exact) mass is 320 g/mol. The Morgan fingerprint density at radius 3 is 2.62 bits per heavy atom. The third kappa shape index (κ3) is 3.39. The second-order valence-corrected chi connectivity index (χ2v) is 5.53. The fourth-order valence-corrected chi connectivity index (χ4v) is 2.84. The molecule has 1 aliphatic rings. The van der Waals surface area contributed by atoms with E-state index in [1.165, 1.54) is 5.56 Å². The number of nitrogens with zero attached hydrogens (tertiary/aromatic N) is 4. The Bertz CT molecular complexity index is 739. The Hall–Kier alpha value is -2.84. The highest BCUT2D eigenvalue weighted by molar-refractivity contribution is 5.58. The molecule has 3 rings (SSSR count). The van der Waals surface area contributed by atoms with Gasteiger partial charge in [0.2, 0.25) is 0 Å². The average Bonchev–Trinajstić information content (AvgIpc) is 3.03. The van der Waals surface area contributed by atoms with Gasteiger partial charge < -0.3 is 4.74 Å². The van der Waals surface area contributed by atoms with Gasteiger partial charge in [-0.2, -0.15) is 10.3 Å². The molecule has 5 nitrogen and oxygen atoms in total. The van der Waals surface area contributed by atoms with Crippen LogP contribution in [0.2, 0.25) is 0 Å². The summed E-state index contributed by atoms with van der Waals surface area (Å²) in [5.41, 5.74) is 2.22. The van der Waals surface area contributed by atoms with Crippen LogP contribution in [0.1, 0.15) is 23.7 Å². The fraction of sp³-hybridized carbons (Fsp3) is 0.263. The molecule has 0 bridgehead atoms. The first-order chi connectivity index (χ1) is 11.8. The highest BCUT2D eigenvalue weighted by atomic mass is 16.5. The molecule has 2 aromatic rings. The summed E-state index contributed by atoms with van der Waals surface area (Å²) in [5.74, 6) is 0.819. The minimum atomic E-state index is -0.153. The van der Waals surface area contributed by atoms with Gasteiger partial charge in [0.25, 0.3) is 0 Å². The molecule has 0 spiro atoms. The summed E-state index contributed by atoms with van der Waals surface area (Å²) >= 11 is 0. The first kappa shape index (κ1) is 16.0. The molecule has 2 aromatic carbocycles. The van der Waals surface area contributed by atoms with Crippen molar-refractivity contribution in [2.24, 2.45) is 4.99 Å². The summed E-state index contributed by atoms with van der Waals surface area (Å²) in [6, 6.07) is 20.4. The smallest absolute Gasteiger partial charge is 0.150 e. The Morgan fingerprint density at radius 2 is 1.88 bits per heavy atom. The first-order valence-corrected chi connectivity index (χ1v) is 7.94. The Balaban J connectivity index is 1.89. The van der Waals surface area contributed by atoms with Crippen molar-refractivity contribution in [1.29, 1.82) is 5.26 Å². The van der Waals surface area contributed by atoms with Gasteiger partial charge in [0.1, 0.15) is 12.1 Å². The van der Waals surface area contributed by atoms with Gasteiger partial charge >= 0.3 is 0 Å². The summed E-state index contributed by atoms with van der Waals surface area (Å²) in [6.45, 7) is 1.34. The zero-order chi connectivity index (χ0) is 16.8. The molecule has 1 unspecified atom stereocenters. The van der Waals surface area contributed by atoms with Crippen molar-refractivity contribution >= 4 is 6.34 Å². The van der Waals surface area contributed by atoms with Crippen molar-refractivity contribution in [3.63, 3.8) is 0 Å². The zero-order valence-corrected chi connectivity index (χ0v) is 13.7. The van der Waals surface area contributed by atoms with Crippen LogP contribution in [0.25, 0.3) is 0 Å². The Morgan fingerprint density at radius 1 is 1.12 bits per heavy atom. The molecule has 0 N–H and O–H groups in total. The van der Waals surface area contributed by atoms with Crippen molar-refractivity contribution in [2.75, 3.05) is 13.7 Å². The number of aliphatic imine (C=N–C) groups is 1. The van der Waals surface area contributed by atoms with Gasteiger partial charge in [-0.3, -0.25) is 5.01 Å². The third-order valence-electron chi connectivity index (χ3n) is 4.01. The quantitative estimate of drug-likeness (QED) is 0.819. The van der Waals surface area contributed by atoms with Crippen molar-refractivity contribution in [3.05, 3.63) is 65.7 Å². The number of benzene rings is 2. The van der Waals surface area contributed by atoms with E-state index in [0.29, 0.717) is 13.0 Å². The van der Waals surface area contributed by atoms with Crippen LogP contribution in [0.4, 0.5) is 0 Å². The van der Waals surface area contributed by atoms with Crippen LogP contribution in [0.3, 0.4) is 0 Å². The van der Waals surface area contributed by atoms with E-state index < -0.39 is 0 Å². The van der Waals surface area contributed by atoms with Gasteiger partial charge in [0.05, 0.1) is 19.6 Å². The molecule has 122 valence electrons. The summed E-state index contributed by atoms with van der Waals surface area (Å²) in [7, 11) is 1.67. The van der Waals surface area contributed by atoms with Crippen LogP contribution in [-0.2, 0) is 6.54 Å². The molecule has 0 radical (unpaired) electrons. The Kier molecular flexibility index (Phi) is 5.09. The highest BCUT2D eigenvalue weighted by Crippen LogP contribution is 2.34. The Labute approximate surface area is 142 Å². The highest BCUT2D eigenvalue weighted by Gasteiger charge is 2.30. The van der Waals surface area contributed by atoms with Crippen LogP contribution >= 0.6 is 0 Å². The molecule has 1 atom stereocenters. The molecule has 0 amide bonds. The first-order valence-electron chi connectivity index (χ1n) is 7.94. The molecule has 24 heavy (non-hydrogen) atoms. The van der Waals surface area contributed by atoms with Gasteiger partial charge in [-0.15, -0.1) is 0 Å². The topological polar surface area (TPSA) is 51.9 Å². The van der Waals surface area contributed by atoms with Gasteiger partial charge in [-0.25, -0.2) is 4.99 Å². The normalized spacial score (nSPS) is 17.0. The third-order valence-corrected chi connectivity index (χ3v) is 4.01. The van der Waals surface area contributed by atoms with Crippen LogP contribution in [0, 0.1) is 11.3 Å². The minimum absolute atomic E-state index is 0.153. The van der Waals surface area contributed by atoms with Crippen molar-refractivity contribution < 1.29 is 4.74 Å². The second kappa shape index (κ2) is 7.62. The standard InChI is InChI=1S/C19H20N4O/c1-24-18-11-6-5-10-17(18)19-21-15-22(13-7-12-20)23(19)14-16-8-3-2-4-9-16/h2-6,8-11,15,19H,7,13-14H2,1H3. The number of hydrogen-bond donors (Lipinski definition) is 0. The summed E-state index contributed by atoms with van der Waals surface area (Å²) in [6.07, 6.45) is 2.12. The van der Waals surface area contributed by atoms with Crippen LogP contribution in [-0.4, -0.2) is 30.0 Å². The average molecular weight is 320 g/mol. The van der Waals surface area contributed by atoms with Gasteiger partial charge in [0.15, 0.2) is 6.17 Å². The number of hydrazine groups is 1. The number of hydrogen-bond acceptors (Lipinski definition) is 5. The van der Waals surface area contributed by atoms with E-state index in [2.05, 4.69) is 28.2 Å². The van der Waals surface area contributed by atoms with Gasteiger partial charge in [-0.05, 0) is 11.6 Å². The molecule has 0 saturated carbocycles. The van der Waals surface area contributed by atoms with Crippen molar-refractivity contribution in [2.45, 2.75) is 19.1 Å². The molecule has 1 aliphatic heterocycles. The van der Waals surface area contributed by atoms with E-state index in [1.807, 2.05) is 53.8 Å². The van der Waals surface area contributed by atoms with E-state index in [9.17, 15) is 0 Å². The predicted molar refractivity (Wildman–Crippen MR) is 93.1 cm³/mol. The molecular formula is C19H20N4O. The molecule has 0 aliphatic carbocycles. The maximum Gasteiger partial charge on any atom is 0.150 e. The lowest BCUT2D eigenvalue weighted by Crippen LogP contribution is -2.39. The largest absolute Gasteiger partial charge is 0.496 e. The van der Waals surface area contributed by atoms with Crippen molar-refractivity contribution in [1.82, 2.24) is 10.0 Å². The van der Waals surface area contributed by atoms with E-state index in [-0.39, 0.29) is 6.17 Å². The second-order valence-electron chi connectivity index (χ2n) is 5.53. The van der Waals surface area contributed by atoms with Gasteiger partial charge in [-0.1, -0.05) is 48.5 Å². The van der Waals surface area contributed by atoms with Crippen LogP contribution < -0.4 is 4.74 Å². The number of para-hydroxylation sites is 1. The summed E-state index contributed by atoms with van der Waals surface area (Å²) in [4.78, 5) is 4.66. The number of ether oxygens (including phenoxy) is 1. The van der Waals surface area contributed by atoms with E-state index in [0.717, 1.165) is 17.9 Å². The van der Waals surface area contributed by atoms with Crippen LogP contribution in [0.5, 0.6) is 5.75 Å². The maximum atomic E-state index is 8.91. The molecule has 1 heterocycles. The van der Waals surface area contributed by atoms with E-state index in [1.54, 1.807) is 7.11 Å². The summed E-state index contributed by atoms with van der Waals surface area (Å²) < 4.78 is 5.50. The molecule has 0 saturated heterocycles. The molecule has 0 fully saturated rings. The molecule has 0 aromatic heterocycles. The predicted octanol–water partition coefficient (Wildman–Crippen LogP) is 3.37. The van der Waals surface area contributed by atoms with Gasteiger partial charge in [0, 0.05) is 18.7 Å². The fourth-order valence-electron chi connectivity index (χ4n) is 2.84. The lowest BCUT2D eigenvalue weighted by molar-refractivity contribution is 0.0198. The maximum absolute atomic E-state index is 8.91. The summed E-state index contributed by atoms with van der Waals surface area (Å²) in [5, 5.41) is 13.1.